The Morgan fingerprint density at radius 3 is 2.41 bits per heavy atom. The van der Waals surface area contributed by atoms with Gasteiger partial charge in [-0.2, -0.15) is 0 Å². The maximum absolute atomic E-state index is 13.5. The second kappa shape index (κ2) is 8.19. The van der Waals surface area contributed by atoms with Crippen LogP contribution in [-0.4, -0.2) is 33.7 Å². The van der Waals surface area contributed by atoms with Crippen LogP contribution >= 0.6 is 0 Å². The molecule has 1 heterocycles. The summed E-state index contributed by atoms with van der Waals surface area (Å²) in [7, 11) is 0. The average molecular weight is 391 g/mol. The predicted molar refractivity (Wildman–Crippen MR) is 108 cm³/mol. The molecule has 2 aromatic rings. The first-order valence-corrected chi connectivity index (χ1v) is 10.3. The highest BCUT2D eigenvalue weighted by Gasteiger charge is 2.43. The molecular weight excluding hydrogens is 366 g/mol. The fourth-order valence-electron chi connectivity index (χ4n) is 4.74. The van der Waals surface area contributed by atoms with Gasteiger partial charge in [-0.25, -0.2) is 0 Å². The lowest BCUT2D eigenvalue weighted by molar-refractivity contribution is -0.147. The molecule has 29 heavy (non-hydrogen) atoms. The summed E-state index contributed by atoms with van der Waals surface area (Å²) in [6.07, 6.45) is 3.12. The van der Waals surface area contributed by atoms with Crippen LogP contribution in [0.5, 0.6) is 0 Å². The number of carboxylic acid groups (broad SMARTS) is 1. The minimum absolute atomic E-state index is 0.0908. The number of ketones is 1. The molecule has 4 rings (SSSR count). The van der Waals surface area contributed by atoms with Crippen molar-refractivity contribution in [1.82, 2.24) is 4.90 Å². The van der Waals surface area contributed by atoms with Crippen LogP contribution in [0.25, 0.3) is 0 Å². The molecule has 0 spiro atoms. The van der Waals surface area contributed by atoms with Gasteiger partial charge in [0.2, 0.25) is 0 Å². The Kier molecular flexibility index (Phi) is 5.47. The number of amides is 1. The van der Waals surface area contributed by atoms with E-state index in [1.165, 1.54) is 0 Å². The van der Waals surface area contributed by atoms with Gasteiger partial charge in [-0.1, -0.05) is 61.4 Å². The quantitative estimate of drug-likeness (QED) is 0.789. The van der Waals surface area contributed by atoms with Gasteiger partial charge in [0, 0.05) is 18.0 Å². The Bertz CT molecular complexity index is 923. The van der Waals surface area contributed by atoms with Gasteiger partial charge in [-0.15, -0.1) is 0 Å². The molecule has 1 N–H and O–H groups in total. The molecular formula is C24H25NO4. The Balaban J connectivity index is 1.59. The SMILES string of the molecule is O=C(O)C(Cc1ccccc1)C1CCCCC(N2Cc3ccccc3C2=O)C1=O. The summed E-state index contributed by atoms with van der Waals surface area (Å²) in [5, 5.41) is 9.91. The normalized spacial score (nSPS) is 22.8. The lowest BCUT2D eigenvalue weighted by Gasteiger charge is -2.30. The van der Waals surface area contributed by atoms with Gasteiger partial charge in [0.25, 0.3) is 5.91 Å². The molecule has 1 fully saturated rings. The fraction of sp³-hybridized carbons (Fsp3) is 0.375. The standard InChI is InChI=1S/C24H25NO4/c26-22-19(20(24(28)29)14-16-8-2-1-3-9-16)12-6-7-13-21(22)25-15-17-10-4-5-11-18(17)23(25)27/h1-5,8-11,19-21H,6-7,12-15H2,(H,28,29). The number of rotatable bonds is 5. The van der Waals surface area contributed by atoms with E-state index in [1.807, 2.05) is 48.5 Å². The maximum atomic E-state index is 13.5. The van der Waals surface area contributed by atoms with E-state index in [2.05, 4.69) is 0 Å². The van der Waals surface area contributed by atoms with Crippen molar-refractivity contribution in [2.24, 2.45) is 11.8 Å². The van der Waals surface area contributed by atoms with Crippen LogP contribution in [0.4, 0.5) is 0 Å². The summed E-state index contributed by atoms with van der Waals surface area (Å²) in [6.45, 7) is 0.425. The molecule has 150 valence electrons. The Morgan fingerprint density at radius 1 is 1.00 bits per heavy atom. The molecule has 3 unspecified atom stereocenters. The van der Waals surface area contributed by atoms with Gasteiger partial charge in [0.15, 0.2) is 5.78 Å². The number of Topliss-reactive ketones (excluding diaryl/α,β-unsaturated/α-hetero) is 1. The van der Waals surface area contributed by atoms with Crippen molar-refractivity contribution in [3.8, 4) is 0 Å². The van der Waals surface area contributed by atoms with Crippen molar-refractivity contribution < 1.29 is 19.5 Å². The van der Waals surface area contributed by atoms with Gasteiger partial charge >= 0.3 is 5.97 Å². The summed E-state index contributed by atoms with van der Waals surface area (Å²) >= 11 is 0. The molecule has 0 aromatic heterocycles. The highest BCUT2D eigenvalue weighted by molar-refractivity contribution is 6.02. The van der Waals surface area contributed by atoms with Crippen LogP contribution in [0.3, 0.4) is 0 Å². The van der Waals surface area contributed by atoms with E-state index in [0.717, 1.165) is 24.0 Å². The van der Waals surface area contributed by atoms with Crippen LogP contribution in [0.15, 0.2) is 54.6 Å². The Morgan fingerprint density at radius 2 is 1.69 bits per heavy atom. The number of benzene rings is 2. The monoisotopic (exact) mass is 391 g/mol. The van der Waals surface area contributed by atoms with Crippen molar-refractivity contribution in [3.05, 3.63) is 71.3 Å². The second-order valence-electron chi connectivity index (χ2n) is 8.03. The number of carbonyl (C=O) groups excluding carboxylic acids is 2. The lowest BCUT2D eigenvalue weighted by Crippen LogP contribution is -2.45. The van der Waals surface area contributed by atoms with Crippen LogP contribution in [0.2, 0.25) is 0 Å². The molecule has 3 atom stereocenters. The number of aliphatic carboxylic acids is 1. The maximum Gasteiger partial charge on any atom is 0.307 e. The third kappa shape index (κ3) is 3.82. The summed E-state index contributed by atoms with van der Waals surface area (Å²) in [5.74, 6) is -2.49. The number of carboxylic acids is 1. The fourth-order valence-corrected chi connectivity index (χ4v) is 4.74. The second-order valence-corrected chi connectivity index (χ2v) is 8.03. The average Bonchev–Trinajstić information content (AvgIpc) is 2.94. The van der Waals surface area contributed by atoms with E-state index in [-0.39, 0.29) is 11.7 Å². The smallest absolute Gasteiger partial charge is 0.307 e. The lowest BCUT2D eigenvalue weighted by atomic mass is 9.80. The first-order valence-electron chi connectivity index (χ1n) is 10.3. The first-order chi connectivity index (χ1) is 14.1. The molecule has 0 saturated heterocycles. The van der Waals surface area contributed by atoms with Crippen LogP contribution < -0.4 is 0 Å². The van der Waals surface area contributed by atoms with Crippen molar-refractivity contribution in [2.75, 3.05) is 0 Å². The molecule has 5 nitrogen and oxygen atoms in total. The zero-order chi connectivity index (χ0) is 20.4. The van der Waals surface area contributed by atoms with E-state index in [1.54, 1.807) is 11.0 Å². The van der Waals surface area contributed by atoms with E-state index in [4.69, 9.17) is 0 Å². The van der Waals surface area contributed by atoms with E-state index in [0.29, 0.717) is 31.4 Å². The van der Waals surface area contributed by atoms with Gasteiger partial charge in [-0.3, -0.25) is 14.4 Å². The zero-order valence-electron chi connectivity index (χ0n) is 16.3. The molecule has 0 bridgehead atoms. The largest absolute Gasteiger partial charge is 0.481 e. The number of fused-ring (bicyclic) bond motifs is 1. The molecule has 0 radical (unpaired) electrons. The van der Waals surface area contributed by atoms with E-state index < -0.39 is 23.8 Å². The van der Waals surface area contributed by atoms with Crippen molar-refractivity contribution in [2.45, 2.75) is 44.7 Å². The minimum atomic E-state index is -0.941. The summed E-state index contributed by atoms with van der Waals surface area (Å²) in [6, 6.07) is 16.4. The number of carbonyl (C=O) groups is 3. The molecule has 2 aliphatic rings. The molecule has 1 saturated carbocycles. The molecule has 2 aromatic carbocycles. The van der Waals surface area contributed by atoms with Crippen molar-refractivity contribution >= 4 is 17.7 Å². The minimum Gasteiger partial charge on any atom is -0.481 e. The molecule has 1 amide bonds. The van der Waals surface area contributed by atoms with E-state index in [9.17, 15) is 19.5 Å². The third-order valence-electron chi connectivity index (χ3n) is 6.26. The van der Waals surface area contributed by atoms with Crippen LogP contribution in [-0.2, 0) is 22.6 Å². The van der Waals surface area contributed by atoms with Crippen LogP contribution in [0, 0.1) is 11.8 Å². The number of hydrogen-bond donors (Lipinski definition) is 1. The van der Waals surface area contributed by atoms with Crippen molar-refractivity contribution in [3.63, 3.8) is 0 Å². The Labute approximate surface area is 170 Å². The Hall–Kier alpha value is -2.95. The van der Waals surface area contributed by atoms with Gasteiger partial charge < -0.3 is 10.0 Å². The van der Waals surface area contributed by atoms with Gasteiger partial charge in [-0.05, 0) is 36.5 Å². The predicted octanol–water partition coefficient (Wildman–Crippen LogP) is 3.71. The highest BCUT2D eigenvalue weighted by Crippen LogP contribution is 2.34. The highest BCUT2D eigenvalue weighted by atomic mass is 16.4. The van der Waals surface area contributed by atoms with E-state index >= 15 is 0 Å². The number of nitrogens with zero attached hydrogens (tertiary/aromatic N) is 1. The third-order valence-corrected chi connectivity index (χ3v) is 6.26. The zero-order valence-corrected chi connectivity index (χ0v) is 16.3. The van der Waals surface area contributed by atoms with Crippen molar-refractivity contribution in [1.29, 1.82) is 0 Å². The topological polar surface area (TPSA) is 74.7 Å². The number of hydrogen-bond acceptors (Lipinski definition) is 3. The van der Waals surface area contributed by atoms with Gasteiger partial charge in [0.05, 0.1) is 12.0 Å². The summed E-state index contributed by atoms with van der Waals surface area (Å²) in [5.41, 5.74) is 2.50. The first kappa shape index (κ1) is 19.4. The molecule has 5 heteroatoms. The molecule has 1 aliphatic heterocycles. The van der Waals surface area contributed by atoms with Crippen LogP contribution in [0.1, 0.15) is 47.2 Å². The summed E-state index contributed by atoms with van der Waals surface area (Å²) < 4.78 is 0. The summed E-state index contributed by atoms with van der Waals surface area (Å²) in [4.78, 5) is 40.2. The van der Waals surface area contributed by atoms with Gasteiger partial charge in [0.1, 0.15) is 0 Å². The molecule has 1 aliphatic carbocycles.